The first-order valence-corrected chi connectivity index (χ1v) is 6.08. The maximum atomic E-state index is 13.6. The lowest BCUT2D eigenvalue weighted by Crippen LogP contribution is -2.28. The second-order valence-corrected chi connectivity index (χ2v) is 4.48. The smallest absolute Gasteiger partial charge is 0.272 e. The van der Waals surface area contributed by atoms with Crippen molar-refractivity contribution in [1.82, 2.24) is 15.3 Å². The topological polar surface area (TPSA) is 54.9 Å². The molecule has 7 heteroatoms. The van der Waals surface area contributed by atoms with Crippen LogP contribution in [-0.4, -0.2) is 15.9 Å². The molecule has 1 amide bonds. The molecular formula is C13H10ClF2N3O. The zero-order valence-corrected chi connectivity index (χ0v) is 11.2. The van der Waals surface area contributed by atoms with Crippen molar-refractivity contribution in [2.45, 2.75) is 13.0 Å². The average molecular weight is 298 g/mol. The van der Waals surface area contributed by atoms with E-state index in [0.717, 1.165) is 18.2 Å². The average Bonchev–Trinajstić information content (AvgIpc) is 2.41. The van der Waals surface area contributed by atoms with E-state index in [4.69, 9.17) is 11.6 Å². The monoisotopic (exact) mass is 297 g/mol. The third-order valence-corrected chi connectivity index (χ3v) is 2.79. The third kappa shape index (κ3) is 3.27. The lowest BCUT2D eigenvalue weighted by molar-refractivity contribution is 0.0934. The second-order valence-electron chi connectivity index (χ2n) is 4.09. The van der Waals surface area contributed by atoms with E-state index in [-0.39, 0.29) is 16.4 Å². The normalized spacial score (nSPS) is 12.0. The van der Waals surface area contributed by atoms with Crippen molar-refractivity contribution in [3.63, 3.8) is 0 Å². The summed E-state index contributed by atoms with van der Waals surface area (Å²) in [4.78, 5) is 19.4. The molecule has 4 nitrogen and oxygen atoms in total. The van der Waals surface area contributed by atoms with Gasteiger partial charge in [-0.2, -0.15) is 0 Å². The summed E-state index contributed by atoms with van der Waals surface area (Å²) >= 11 is 5.63. The van der Waals surface area contributed by atoms with E-state index < -0.39 is 23.6 Å². The lowest BCUT2D eigenvalue weighted by Gasteiger charge is -2.14. The molecule has 1 N–H and O–H groups in total. The Kier molecular flexibility index (Phi) is 4.24. The molecular weight excluding hydrogens is 288 g/mol. The summed E-state index contributed by atoms with van der Waals surface area (Å²) in [6.45, 7) is 1.54. The molecule has 0 aliphatic rings. The first-order chi connectivity index (χ1) is 9.47. The maximum Gasteiger partial charge on any atom is 0.272 e. The van der Waals surface area contributed by atoms with Crippen LogP contribution in [0.15, 0.2) is 30.6 Å². The lowest BCUT2D eigenvalue weighted by atomic mass is 10.1. The van der Waals surface area contributed by atoms with Crippen LogP contribution in [-0.2, 0) is 0 Å². The molecule has 1 unspecified atom stereocenters. The molecule has 2 rings (SSSR count). The first-order valence-electron chi connectivity index (χ1n) is 5.70. The highest BCUT2D eigenvalue weighted by Gasteiger charge is 2.16. The van der Waals surface area contributed by atoms with Crippen molar-refractivity contribution >= 4 is 17.5 Å². The third-order valence-electron chi connectivity index (χ3n) is 2.61. The van der Waals surface area contributed by atoms with Crippen molar-refractivity contribution < 1.29 is 13.6 Å². The molecule has 1 aromatic carbocycles. The molecule has 1 aromatic heterocycles. The summed E-state index contributed by atoms with van der Waals surface area (Å²) in [6, 6.07) is 2.32. The fraction of sp³-hybridized carbons (Fsp3) is 0.154. The van der Waals surface area contributed by atoms with Crippen LogP contribution in [0.25, 0.3) is 0 Å². The van der Waals surface area contributed by atoms with E-state index in [1.807, 2.05) is 0 Å². The number of amides is 1. The predicted molar refractivity (Wildman–Crippen MR) is 69.3 cm³/mol. The van der Waals surface area contributed by atoms with Crippen LogP contribution in [0.4, 0.5) is 8.78 Å². The van der Waals surface area contributed by atoms with E-state index in [2.05, 4.69) is 15.3 Å². The van der Waals surface area contributed by atoms with Gasteiger partial charge in [-0.05, 0) is 25.1 Å². The fourth-order valence-corrected chi connectivity index (χ4v) is 1.79. The molecule has 20 heavy (non-hydrogen) atoms. The van der Waals surface area contributed by atoms with Gasteiger partial charge in [-0.15, -0.1) is 0 Å². The standard InChI is InChI=1S/C13H10ClF2N3O/c1-7(9-4-8(15)2-3-10(9)16)18-13(20)11-5-17-6-12(14)19-11/h2-7H,1H3,(H,18,20). The SMILES string of the molecule is CC(NC(=O)c1cncc(Cl)n1)c1cc(F)ccc1F. The first kappa shape index (κ1) is 14.3. The van der Waals surface area contributed by atoms with Gasteiger partial charge in [0.1, 0.15) is 22.5 Å². The Balaban J connectivity index is 2.17. The summed E-state index contributed by atoms with van der Waals surface area (Å²) in [5.41, 5.74) is 0.0505. The van der Waals surface area contributed by atoms with Crippen molar-refractivity contribution in [1.29, 1.82) is 0 Å². The van der Waals surface area contributed by atoms with Crippen molar-refractivity contribution in [2.24, 2.45) is 0 Å². The zero-order valence-electron chi connectivity index (χ0n) is 10.4. The summed E-state index contributed by atoms with van der Waals surface area (Å²) in [7, 11) is 0. The minimum Gasteiger partial charge on any atom is -0.344 e. The van der Waals surface area contributed by atoms with Gasteiger partial charge in [0.15, 0.2) is 0 Å². The molecule has 0 spiro atoms. The Bertz CT molecular complexity index is 651. The van der Waals surface area contributed by atoms with E-state index in [1.54, 1.807) is 0 Å². The molecule has 0 aliphatic carbocycles. The molecule has 0 saturated heterocycles. The molecule has 104 valence electrons. The van der Waals surface area contributed by atoms with Gasteiger partial charge < -0.3 is 5.32 Å². The molecule has 0 bridgehead atoms. The number of rotatable bonds is 3. The quantitative estimate of drug-likeness (QED) is 0.948. The summed E-state index contributed by atoms with van der Waals surface area (Å²) in [6.07, 6.45) is 2.52. The number of halogens is 3. The molecule has 0 radical (unpaired) electrons. The Labute approximate surface area is 118 Å². The number of nitrogens with zero attached hydrogens (tertiary/aromatic N) is 2. The Morgan fingerprint density at radius 3 is 2.80 bits per heavy atom. The molecule has 1 heterocycles. The highest BCUT2D eigenvalue weighted by atomic mass is 35.5. The highest BCUT2D eigenvalue weighted by Crippen LogP contribution is 2.18. The van der Waals surface area contributed by atoms with Crippen LogP contribution in [0.3, 0.4) is 0 Å². The zero-order chi connectivity index (χ0) is 14.7. The minimum absolute atomic E-state index is 0.00108. The number of hydrogen-bond acceptors (Lipinski definition) is 3. The van der Waals surface area contributed by atoms with Gasteiger partial charge in [-0.1, -0.05) is 11.6 Å². The van der Waals surface area contributed by atoms with Crippen LogP contribution < -0.4 is 5.32 Å². The Morgan fingerprint density at radius 2 is 2.10 bits per heavy atom. The molecule has 1 atom stereocenters. The second kappa shape index (κ2) is 5.92. The number of benzene rings is 1. The predicted octanol–water partition coefficient (Wildman–Crippen LogP) is 2.90. The van der Waals surface area contributed by atoms with Gasteiger partial charge in [0, 0.05) is 5.56 Å². The number of hydrogen-bond donors (Lipinski definition) is 1. The van der Waals surface area contributed by atoms with Gasteiger partial charge in [0.25, 0.3) is 5.91 Å². The number of carbonyl (C=O) groups is 1. The highest BCUT2D eigenvalue weighted by molar-refractivity contribution is 6.29. The van der Waals surface area contributed by atoms with E-state index in [9.17, 15) is 13.6 Å². The van der Waals surface area contributed by atoms with Gasteiger partial charge in [0.05, 0.1) is 18.4 Å². The van der Waals surface area contributed by atoms with E-state index in [1.165, 1.54) is 19.3 Å². The summed E-state index contributed by atoms with van der Waals surface area (Å²) in [5, 5.41) is 2.57. The van der Waals surface area contributed by atoms with Gasteiger partial charge in [-0.25, -0.2) is 13.8 Å². The van der Waals surface area contributed by atoms with Crippen LogP contribution >= 0.6 is 11.6 Å². The van der Waals surface area contributed by atoms with Crippen LogP contribution in [0.5, 0.6) is 0 Å². The van der Waals surface area contributed by atoms with Crippen LogP contribution in [0.2, 0.25) is 5.15 Å². The van der Waals surface area contributed by atoms with Crippen molar-refractivity contribution in [2.75, 3.05) is 0 Å². The molecule has 0 saturated carbocycles. The van der Waals surface area contributed by atoms with Gasteiger partial charge in [-0.3, -0.25) is 9.78 Å². The molecule has 2 aromatic rings. The Morgan fingerprint density at radius 1 is 1.35 bits per heavy atom. The van der Waals surface area contributed by atoms with E-state index in [0.29, 0.717) is 0 Å². The molecule has 0 aliphatic heterocycles. The summed E-state index contributed by atoms with van der Waals surface area (Å²) in [5.74, 6) is -1.75. The minimum atomic E-state index is -0.723. The fourth-order valence-electron chi connectivity index (χ4n) is 1.65. The van der Waals surface area contributed by atoms with E-state index >= 15 is 0 Å². The summed E-state index contributed by atoms with van der Waals surface area (Å²) < 4.78 is 26.7. The Hall–Kier alpha value is -2.08. The maximum absolute atomic E-state index is 13.6. The van der Waals surface area contributed by atoms with Crippen LogP contribution in [0.1, 0.15) is 29.0 Å². The number of aromatic nitrogens is 2. The van der Waals surface area contributed by atoms with Crippen LogP contribution in [0, 0.1) is 11.6 Å². The van der Waals surface area contributed by atoms with Crippen molar-refractivity contribution in [3.05, 3.63) is 58.6 Å². The van der Waals surface area contributed by atoms with Crippen molar-refractivity contribution in [3.8, 4) is 0 Å². The number of carbonyl (C=O) groups excluding carboxylic acids is 1. The largest absolute Gasteiger partial charge is 0.344 e. The van der Waals surface area contributed by atoms with Gasteiger partial charge >= 0.3 is 0 Å². The molecule has 0 fully saturated rings. The van der Waals surface area contributed by atoms with Gasteiger partial charge in [0.2, 0.25) is 0 Å². The number of nitrogens with one attached hydrogen (secondary N) is 1.